The zero-order chi connectivity index (χ0) is 26.9. The van der Waals surface area contributed by atoms with Crippen molar-refractivity contribution in [3.8, 4) is 5.75 Å². The highest BCUT2D eigenvalue weighted by atomic mass is 16.5. The highest BCUT2D eigenvalue weighted by molar-refractivity contribution is 5.91. The van der Waals surface area contributed by atoms with Gasteiger partial charge in [-0.15, -0.1) is 0 Å². The Bertz CT molecular complexity index is 1470. The fraction of sp³-hybridized carbons (Fsp3) is 0.323. The lowest BCUT2D eigenvalue weighted by Gasteiger charge is -2.38. The third-order valence-electron chi connectivity index (χ3n) is 7.40. The van der Waals surface area contributed by atoms with Gasteiger partial charge in [-0.1, -0.05) is 35.9 Å². The molecule has 0 bridgehead atoms. The summed E-state index contributed by atoms with van der Waals surface area (Å²) in [7, 11) is 1.69. The Hall–Kier alpha value is -4.33. The molecule has 0 saturated heterocycles. The highest BCUT2D eigenvalue weighted by Crippen LogP contribution is 2.41. The molecule has 2 aromatic heterocycles. The Kier molecular flexibility index (Phi) is 6.69. The number of aryl methyl sites for hydroxylation is 1. The molecule has 0 radical (unpaired) electrons. The number of amides is 2. The number of hydrogen-bond acceptors (Lipinski definition) is 6. The maximum Gasteiger partial charge on any atom is 0.275 e. The van der Waals surface area contributed by atoms with Gasteiger partial charge >= 0.3 is 0 Å². The average Bonchev–Trinajstić information content (AvgIpc) is 3.47. The zero-order valence-corrected chi connectivity index (χ0v) is 22.1. The topological polar surface area (TPSA) is 89.0 Å². The molecule has 8 heteroatoms. The van der Waals surface area contributed by atoms with E-state index in [-0.39, 0.29) is 36.1 Å². The highest BCUT2D eigenvalue weighted by Gasteiger charge is 2.39. The summed E-state index contributed by atoms with van der Waals surface area (Å²) in [6.45, 7) is 3.19. The predicted octanol–water partition coefficient (Wildman–Crippen LogP) is 5.31. The van der Waals surface area contributed by atoms with Gasteiger partial charge in [-0.2, -0.15) is 0 Å². The minimum Gasteiger partial charge on any atom is -0.484 e. The quantitative estimate of drug-likeness (QED) is 0.310. The van der Waals surface area contributed by atoms with E-state index < -0.39 is 0 Å². The molecule has 4 aromatic rings. The third-order valence-corrected chi connectivity index (χ3v) is 7.40. The first-order valence-electron chi connectivity index (χ1n) is 13.3. The van der Waals surface area contributed by atoms with E-state index in [0.717, 1.165) is 30.4 Å². The molecule has 1 aliphatic heterocycles. The van der Waals surface area contributed by atoms with Gasteiger partial charge in [-0.3, -0.25) is 9.59 Å². The Morgan fingerprint density at radius 1 is 1.10 bits per heavy atom. The van der Waals surface area contributed by atoms with E-state index in [2.05, 4.69) is 42.2 Å². The number of aromatic nitrogens is 1. The summed E-state index contributed by atoms with van der Waals surface area (Å²) in [5.41, 5.74) is 4.79. The fourth-order valence-electron chi connectivity index (χ4n) is 5.12. The second-order valence-electron chi connectivity index (χ2n) is 10.4. The number of fused-ring (bicyclic) bond motifs is 1. The second-order valence-corrected chi connectivity index (χ2v) is 10.4. The number of carbonyl (C=O) groups excluding carboxylic acids is 2. The molecule has 8 nitrogen and oxygen atoms in total. The second kappa shape index (κ2) is 10.4. The summed E-state index contributed by atoms with van der Waals surface area (Å²) < 4.78 is 16.9. The monoisotopic (exact) mass is 525 g/mol. The maximum absolute atomic E-state index is 13.2. The number of ether oxygens (including phenoxy) is 1. The van der Waals surface area contributed by atoms with Crippen LogP contribution < -0.4 is 4.74 Å². The van der Waals surface area contributed by atoms with Crippen molar-refractivity contribution in [3.05, 3.63) is 107 Å². The molecule has 2 aromatic carbocycles. The van der Waals surface area contributed by atoms with Crippen LogP contribution in [0.1, 0.15) is 63.3 Å². The van der Waals surface area contributed by atoms with Crippen LogP contribution in [-0.2, 0) is 24.4 Å². The van der Waals surface area contributed by atoms with Crippen molar-refractivity contribution in [2.24, 2.45) is 5.92 Å². The van der Waals surface area contributed by atoms with Gasteiger partial charge in [0, 0.05) is 19.5 Å². The van der Waals surface area contributed by atoms with Gasteiger partial charge in [-0.05, 0) is 67.1 Å². The van der Waals surface area contributed by atoms with Crippen LogP contribution in [0.4, 0.5) is 0 Å². The van der Waals surface area contributed by atoms with Gasteiger partial charge in [0.25, 0.3) is 5.91 Å². The number of benzene rings is 2. The lowest BCUT2D eigenvalue weighted by molar-refractivity contribution is -0.134. The van der Waals surface area contributed by atoms with Gasteiger partial charge in [0.1, 0.15) is 17.8 Å². The first-order chi connectivity index (χ1) is 19.0. The summed E-state index contributed by atoms with van der Waals surface area (Å²) in [5.74, 6) is 1.78. The van der Waals surface area contributed by atoms with Crippen molar-refractivity contribution in [1.82, 2.24) is 14.8 Å². The molecule has 1 aliphatic carbocycles. The zero-order valence-electron chi connectivity index (χ0n) is 22.1. The predicted molar refractivity (Wildman–Crippen MR) is 143 cm³/mol. The molecule has 6 rings (SSSR count). The summed E-state index contributed by atoms with van der Waals surface area (Å²) in [6.07, 6.45) is 5.69. The minimum absolute atomic E-state index is 0.0773. The third kappa shape index (κ3) is 5.32. The molecule has 1 atom stereocenters. The van der Waals surface area contributed by atoms with Gasteiger partial charge in [0.2, 0.25) is 11.8 Å². The smallest absolute Gasteiger partial charge is 0.275 e. The summed E-state index contributed by atoms with van der Waals surface area (Å²) in [5, 5.41) is 0. The summed E-state index contributed by atoms with van der Waals surface area (Å²) >= 11 is 0. The number of furan rings is 1. The van der Waals surface area contributed by atoms with E-state index in [9.17, 15) is 9.59 Å². The largest absolute Gasteiger partial charge is 0.484 e. The van der Waals surface area contributed by atoms with Crippen LogP contribution in [0.15, 0.2) is 76.0 Å². The van der Waals surface area contributed by atoms with Crippen LogP contribution >= 0.6 is 0 Å². The molecule has 2 aliphatic rings. The van der Waals surface area contributed by atoms with Gasteiger partial charge in [0.05, 0.1) is 18.8 Å². The molecule has 0 spiro atoms. The number of rotatable bonds is 8. The number of hydrogen-bond donors (Lipinski definition) is 0. The lowest BCUT2D eigenvalue weighted by atomic mass is 9.87. The molecular weight excluding hydrogens is 494 g/mol. The maximum atomic E-state index is 13.2. The lowest BCUT2D eigenvalue weighted by Crippen LogP contribution is -2.41. The van der Waals surface area contributed by atoms with Crippen molar-refractivity contribution < 1.29 is 23.2 Å². The Morgan fingerprint density at radius 3 is 2.67 bits per heavy atom. The first kappa shape index (κ1) is 25.0. The molecule has 1 fully saturated rings. The average molecular weight is 526 g/mol. The van der Waals surface area contributed by atoms with E-state index in [1.807, 2.05) is 23.1 Å². The Labute approximate surface area is 227 Å². The molecule has 1 saturated carbocycles. The molecule has 200 valence electrons. The van der Waals surface area contributed by atoms with Gasteiger partial charge in [-0.25, -0.2) is 4.98 Å². The van der Waals surface area contributed by atoms with Crippen molar-refractivity contribution >= 4 is 11.8 Å². The van der Waals surface area contributed by atoms with Crippen molar-refractivity contribution in [2.45, 2.75) is 45.4 Å². The molecule has 0 N–H and O–H groups in total. The fourth-order valence-corrected chi connectivity index (χ4v) is 5.12. The normalized spacial score (nSPS) is 16.6. The Morgan fingerprint density at radius 2 is 1.92 bits per heavy atom. The molecule has 2 amide bonds. The van der Waals surface area contributed by atoms with Crippen LogP contribution in [0.25, 0.3) is 0 Å². The van der Waals surface area contributed by atoms with Crippen LogP contribution in [0.2, 0.25) is 0 Å². The van der Waals surface area contributed by atoms with Crippen molar-refractivity contribution in [1.29, 1.82) is 0 Å². The van der Waals surface area contributed by atoms with Crippen molar-refractivity contribution in [2.75, 3.05) is 13.6 Å². The van der Waals surface area contributed by atoms with E-state index >= 15 is 0 Å². The first-order valence-corrected chi connectivity index (χ1v) is 13.3. The van der Waals surface area contributed by atoms with Crippen molar-refractivity contribution in [3.63, 3.8) is 0 Å². The number of oxazole rings is 1. The standard InChI is InChI=1S/C31H31N3O5/c1-20-5-7-22(8-6-20)29-26-16-24(12-11-21(26)13-14-34(29)30(35)23-9-10-23)38-19-28-32-27(18-39-28)31(36)33(2)17-25-4-3-15-37-25/h3-8,11-12,15-16,18,23,29H,9-10,13-14,17,19H2,1-2H3. The van der Waals surface area contributed by atoms with Crippen LogP contribution in [0.3, 0.4) is 0 Å². The molecule has 3 heterocycles. The number of nitrogens with zero attached hydrogens (tertiary/aromatic N) is 3. The Balaban J connectivity index is 1.19. The SMILES string of the molecule is Cc1ccc(C2c3cc(OCc4nc(C(=O)N(C)Cc5ccco5)co4)ccc3CCN2C(=O)C2CC2)cc1. The summed E-state index contributed by atoms with van der Waals surface area (Å²) in [6, 6.07) is 17.9. The van der Waals surface area contributed by atoms with E-state index in [1.54, 1.807) is 19.4 Å². The van der Waals surface area contributed by atoms with Crippen LogP contribution in [0.5, 0.6) is 5.75 Å². The van der Waals surface area contributed by atoms with Crippen LogP contribution in [-0.4, -0.2) is 40.2 Å². The van der Waals surface area contributed by atoms with E-state index in [4.69, 9.17) is 13.6 Å². The minimum atomic E-state index is -0.267. The molecule has 1 unspecified atom stereocenters. The van der Waals surface area contributed by atoms with Gasteiger partial charge < -0.3 is 23.4 Å². The molecular formula is C31H31N3O5. The van der Waals surface area contributed by atoms with E-state index in [1.165, 1.54) is 22.3 Å². The van der Waals surface area contributed by atoms with Crippen LogP contribution in [0, 0.1) is 12.8 Å². The molecule has 39 heavy (non-hydrogen) atoms. The van der Waals surface area contributed by atoms with E-state index in [0.29, 0.717) is 30.5 Å². The van der Waals surface area contributed by atoms with Gasteiger partial charge in [0.15, 0.2) is 12.3 Å². The summed E-state index contributed by atoms with van der Waals surface area (Å²) in [4.78, 5) is 33.9. The number of carbonyl (C=O) groups is 2.